The van der Waals surface area contributed by atoms with Crippen LogP contribution in [0.1, 0.15) is 86.4 Å². The van der Waals surface area contributed by atoms with Crippen LogP contribution in [0.2, 0.25) is 5.15 Å². The second kappa shape index (κ2) is 8.78. The van der Waals surface area contributed by atoms with Gasteiger partial charge in [-0.3, -0.25) is 9.69 Å². The summed E-state index contributed by atoms with van der Waals surface area (Å²) >= 11 is 6.33. The van der Waals surface area contributed by atoms with Crippen LogP contribution < -0.4 is 5.56 Å². The highest BCUT2D eigenvalue weighted by molar-refractivity contribution is 6.30. The molecule has 2 aromatic rings. The molecule has 152 valence electrons. The normalized spacial score (nSPS) is 18.4. The lowest BCUT2D eigenvalue weighted by molar-refractivity contribution is 0.238. The molecule has 0 spiro atoms. The number of aryl methyl sites for hydroxylation is 1. The highest BCUT2D eigenvalue weighted by Crippen LogP contribution is 2.31. The third-order valence-electron chi connectivity index (χ3n) is 6.08. The first kappa shape index (κ1) is 19.6. The first-order chi connectivity index (χ1) is 13.6. The molecule has 1 saturated carbocycles. The zero-order chi connectivity index (χ0) is 19.5. The lowest BCUT2D eigenvalue weighted by atomic mass is 9.88. The second-order valence-electron chi connectivity index (χ2n) is 8.23. The van der Waals surface area contributed by atoms with Gasteiger partial charge >= 0.3 is 0 Å². The van der Waals surface area contributed by atoms with Crippen molar-refractivity contribution in [2.24, 2.45) is 0 Å². The average molecular weight is 404 g/mol. The van der Waals surface area contributed by atoms with Gasteiger partial charge in [0.25, 0.3) is 5.56 Å². The van der Waals surface area contributed by atoms with Gasteiger partial charge in [0.05, 0.1) is 17.0 Å². The number of nitrogens with one attached hydrogen (secondary N) is 2. The summed E-state index contributed by atoms with van der Waals surface area (Å²) in [5, 5.41) is 0.552. The van der Waals surface area contributed by atoms with E-state index in [4.69, 9.17) is 16.6 Å². The van der Waals surface area contributed by atoms with Crippen LogP contribution in [0, 0.1) is 0 Å². The molecule has 1 fully saturated rings. The zero-order valence-electron chi connectivity index (χ0n) is 16.7. The molecule has 6 nitrogen and oxygen atoms in total. The van der Waals surface area contributed by atoms with E-state index in [2.05, 4.69) is 26.8 Å². The van der Waals surface area contributed by atoms with E-state index < -0.39 is 0 Å². The van der Waals surface area contributed by atoms with Crippen LogP contribution in [0.25, 0.3) is 0 Å². The zero-order valence-corrected chi connectivity index (χ0v) is 17.4. The number of rotatable bonds is 6. The molecule has 7 heteroatoms. The fraction of sp³-hybridized carbons (Fsp3) is 0.667. The summed E-state index contributed by atoms with van der Waals surface area (Å²) in [5.41, 5.74) is 2.78. The average Bonchev–Trinajstić information content (AvgIpc) is 3.06. The number of hydrogen-bond donors (Lipinski definition) is 2. The molecule has 2 aliphatic rings. The van der Waals surface area contributed by atoms with E-state index in [9.17, 15) is 4.79 Å². The monoisotopic (exact) mass is 403 g/mol. The highest BCUT2D eigenvalue weighted by atomic mass is 35.5. The predicted octanol–water partition coefficient (Wildman–Crippen LogP) is 4.10. The minimum Gasteiger partial charge on any atom is -0.344 e. The van der Waals surface area contributed by atoms with Crippen molar-refractivity contribution in [2.75, 3.05) is 6.54 Å². The van der Waals surface area contributed by atoms with Crippen molar-refractivity contribution in [3.8, 4) is 0 Å². The molecule has 0 aromatic carbocycles. The van der Waals surface area contributed by atoms with Gasteiger partial charge in [0.1, 0.15) is 11.6 Å². The summed E-state index contributed by atoms with van der Waals surface area (Å²) < 4.78 is 0. The third kappa shape index (κ3) is 4.33. The molecule has 2 aromatic heterocycles. The maximum absolute atomic E-state index is 12.7. The van der Waals surface area contributed by atoms with Crippen molar-refractivity contribution in [2.45, 2.75) is 83.7 Å². The Morgan fingerprint density at radius 2 is 2.00 bits per heavy atom. The number of imidazole rings is 1. The molecule has 2 N–H and O–H groups in total. The molecule has 1 aliphatic heterocycles. The van der Waals surface area contributed by atoms with E-state index in [1.807, 2.05) is 0 Å². The Morgan fingerprint density at radius 3 is 2.79 bits per heavy atom. The van der Waals surface area contributed by atoms with Gasteiger partial charge in [-0.1, -0.05) is 44.2 Å². The molecule has 1 aliphatic carbocycles. The van der Waals surface area contributed by atoms with Crippen molar-refractivity contribution in [3.63, 3.8) is 0 Å². The van der Waals surface area contributed by atoms with Gasteiger partial charge in [-0.25, -0.2) is 9.97 Å². The molecular weight excluding hydrogens is 374 g/mol. The highest BCUT2D eigenvalue weighted by Gasteiger charge is 2.25. The quantitative estimate of drug-likeness (QED) is 0.761. The Labute approximate surface area is 171 Å². The lowest BCUT2D eigenvalue weighted by Crippen LogP contribution is -2.36. The van der Waals surface area contributed by atoms with Crippen molar-refractivity contribution in [1.82, 2.24) is 24.8 Å². The Kier molecular flexibility index (Phi) is 6.16. The van der Waals surface area contributed by atoms with Crippen molar-refractivity contribution in [1.29, 1.82) is 0 Å². The van der Waals surface area contributed by atoms with Crippen LogP contribution in [0.4, 0.5) is 0 Å². The molecular formula is C21H30ClN5O. The van der Waals surface area contributed by atoms with Crippen LogP contribution in [0.5, 0.6) is 0 Å². The number of nitrogens with zero attached hydrogens (tertiary/aromatic N) is 3. The number of aromatic nitrogens is 4. The lowest BCUT2D eigenvalue weighted by Gasteiger charge is -2.28. The molecule has 0 atom stereocenters. The van der Waals surface area contributed by atoms with Crippen LogP contribution in [0.3, 0.4) is 0 Å². The largest absolute Gasteiger partial charge is 0.344 e. The van der Waals surface area contributed by atoms with Crippen LogP contribution in [-0.4, -0.2) is 31.4 Å². The van der Waals surface area contributed by atoms with Crippen LogP contribution in [-0.2, 0) is 25.9 Å². The molecule has 0 unspecified atom stereocenters. The van der Waals surface area contributed by atoms with Gasteiger partial charge in [0.15, 0.2) is 5.15 Å². The molecule has 28 heavy (non-hydrogen) atoms. The third-order valence-corrected chi connectivity index (χ3v) is 6.40. The maximum Gasteiger partial charge on any atom is 0.255 e. The summed E-state index contributed by atoms with van der Waals surface area (Å²) in [6.07, 6.45) is 10.0. The Morgan fingerprint density at radius 1 is 1.18 bits per heavy atom. The number of halogens is 1. The van der Waals surface area contributed by atoms with Crippen molar-refractivity contribution < 1.29 is 0 Å². The number of aromatic amines is 2. The SMILES string of the molecule is CCCCc1nc(Cl)c(CN2CCc3nc(C4CCCCC4)[nH]c(=O)c3C2)[nH]1. The summed E-state index contributed by atoms with van der Waals surface area (Å²) in [6.45, 7) is 4.35. The fourth-order valence-corrected chi connectivity index (χ4v) is 4.64. The maximum atomic E-state index is 12.7. The first-order valence-electron chi connectivity index (χ1n) is 10.7. The standard InChI is InChI=1S/C21H30ClN5O/c1-2-3-9-18-23-17(19(22)25-18)13-27-11-10-16-15(12-27)21(28)26-20(24-16)14-7-5-4-6-8-14/h14H,2-13H2,1H3,(H,23,25)(H,24,26,28). The number of H-pyrrole nitrogens is 2. The summed E-state index contributed by atoms with van der Waals surface area (Å²) in [4.78, 5) is 30.8. The predicted molar refractivity (Wildman–Crippen MR) is 111 cm³/mol. The minimum atomic E-state index is 0.0367. The fourth-order valence-electron chi connectivity index (χ4n) is 4.44. The number of fused-ring (bicyclic) bond motifs is 1. The topological polar surface area (TPSA) is 77.7 Å². The smallest absolute Gasteiger partial charge is 0.255 e. The molecule has 0 radical (unpaired) electrons. The van der Waals surface area contributed by atoms with E-state index in [0.717, 1.165) is 73.7 Å². The second-order valence-corrected chi connectivity index (χ2v) is 8.59. The Balaban J connectivity index is 1.46. The molecule has 0 bridgehead atoms. The van der Waals surface area contributed by atoms with E-state index in [1.165, 1.54) is 19.3 Å². The Bertz CT molecular complexity index is 868. The number of unbranched alkanes of at least 4 members (excludes halogenated alkanes) is 1. The minimum absolute atomic E-state index is 0.0367. The van der Waals surface area contributed by atoms with Gasteiger partial charge in [-0.2, -0.15) is 0 Å². The van der Waals surface area contributed by atoms with Gasteiger partial charge < -0.3 is 9.97 Å². The van der Waals surface area contributed by atoms with Gasteiger partial charge in [0, 0.05) is 38.4 Å². The van der Waals surface area contributed by atoms with E-state index in [0.29, 0.717) is 24.2 Å². The molecule has 3 heterocycles. The van der Waals surface area contributed by atoms with Gasteiger partial charge in [-0.15, -0.1) is 0 Å². The summed E-state index contributed by atoms with van der Waals surface area (Å²) in [5.74, 6) is 2.29. The van der Waals surface area contributed by atoms with Crippen LogP contribution >= 0.6 is 11.6 Å². The Hall–Kier alpha value is -1.66. The van der Waals surface area contributed by atoms with Crippen molar-refractivity contribution in [3.05, 3.63) is 44.1 Å². The molecule has 4 rings (SSSR count). The van der Waals surface area contributed by atoms with E-state index >= 15 is 0 Å². The molecule has 0 saturated heterocycles. The van der Waals surface area contributed by atoms with E-state index in [-0.39, 0.29) is 5.56 Å². The summed E-state index contributed by atoms with van der Waals surface area (Å²) in [7, 11) is 0. The van der Waals surface area contributed by atoms with Crippen LogP contribution in [0.15, 0.2) is 4.79 Å². The van der Waals surface area contributed by atoms with E-state index in [1.54, 1.807) is 0 Å². The summed E-state index contributed by atoms with van der Waals surface area (Å²) in [6, 6.07) is 0. The number of hydrogen-bond acceptors (Lipinski definition) is 4. The van der Waals surface area contributed by atoms with Gasteiger partial charge in [0.2, 0.25) is 0 Å². The molecule has 0 amide bonds. The van der Waals surface area contributed by atoms with Crippen molar-refractivity contribution >= 4 is 11.6 Å². The van der Waals surface area contributed by atoms with Gasteiger partial charge in [-0.05, 0) is 19.3 Å². The first-order valence-corrected chi connectivity index (χ1v) is 11.1.